The first-order chi connectivity index (χ1) is 15.8. The van der Waals surface area contributed by atoms with Crippen LogP contribution in [0, 0.1) is 0 Å². The zero-order chi connectivity index (χ0) is 21.8. The number of para-hydroxylation sites is 1. The predicted octanol–water partition coefficient (Wildman–Crippen LogP) is 4.31. The van der Waals surface area contributed by atoms with Crippen LogP contribution >= 0.6 is 0 Å². The van der Waals surface area contributed by atoms with Gasteiger partial charge in [0.2, 0.25) is 0 Å². The van der Waals surface area contributed by atoms with E-state index < -0.39 is 0 Å². The van der Waals surface area contributed by atoms with Crippen LogP contribution in [0.1, 0.15) is 28.7 Å². The smallest absolute Gasteiger partial charge is 0.272 e. The van der Waals surface area contributed by atoms with Gasteiger partial charge in [0.15, 0.2) is 0 Å². The van der Waals surface area contributed by atoms with Crippen molar-refractivity contribution in [3.8, 4) is 11.3 Å². The lowest BCUT2D eigenvalue weighted by atomic mass is 10.1. The first kappa shape index (κ1) is 19.8. The summed E-state index contributed by atoms with van der Waals surface area (Å²) in [6, 6.07) is 21.1. The van der Waals surface area contributed by atoms with Crippen molar-refractivity contribution in [1.29, 1.82) is 0 Å². The average molecular weight is 422 g/mol. The fourth-order valence-electron chi connectivity index (χ4n) is 3.85. The van der Waals surface area contributed by atoms with Crippen LogP contribution in [0.2, 0.25) is 0 Å². The Morgan fingerprint density at radius 3 is 2.62 bits per heavy atom. The maximum atomic E-state index is 12.8. The molecule has 1 N–H and O–H groups in total. The predicted molar refractivity (Wildman–Crippen MR) is 122 cm³/mol. The van der Waals surface area contributed by atoms with E-state index in [2.05, 4.69) is 15.3 Å². The summed E-state index contributed by atoms with van der Waals surface area (Å²) < 4.78 is 0. The molecule has 1 saturated heterocycles. The van der Waals surface area contributed by atoms with Crippen molar-refractivity contribution in [2.75, 3.05) is 18.4 Å². The number of nitrogens with zero attached hydrogens (tertiary/aromatic N) is 5. The van der Waals surface area contributed by atoms with Crippen molar-refractivity contribution in [3.05, 3.63) is 96.8 Å². The van der Waals surface area contributed by atoms with Gasteiger partial charge in [0.1, 0.15) is 17.3 Å². The Balaban J connectivity index is 1.44. The Kier molecular flexibility index (Phi) is 5.53. The van der Waals surface area contributed by atoms with E-state index in [0.717, 1.165) is 35.0 Å². The third-order valence-electron chi connectivity index (χ3n) is 5.47. The summed E-state index contributed by atoms with van der Waals surface area (Å²) in [5, 5.41) is 3.38. The van der Waals surface area contributed by atoms with Gasteiger partial charge >= 0.3 is 0 Å². The molecule has 1 fully saturated rings. The second kappa shape index (κ2) is 8.93. The standard InChI is InChI=1S/C25H22N6O/c32-25(21-10-4-5-13-27-21)31-14-11-19(17-31)24-29-22(18-7-6-12-26-16-18)15-23(30-24)28-20-8-2-1-3-9-20/h1-10,12-13,15-16,19H,11,14,17H2,(H,28,29,30)/t19-/m0/s1. The highest BCUT2D eigenvalue weighted by Crippen LogP contribution is 2.29. The number of carbonyl (C=O) groups excluding carboxylic acids is 1. The van der Waals surface area contributed by atoms with Gasteiger partial charge in [-0.1, -0.05) is 24.3 Å². The maximum absolute atomic E-state index is 12.8. The van der Waals surface area contributed by atoms with Crippen molar-refractivity contribution in [2.24, 2.45) is 0 Å². The number of nitrogens with one attached hydrogen (secondary N) is 1. The maximum Gasteiger partial charge on any atom is 0.272 e. The molecular formula is C25H22N6O. The minimum Gasteiger partial charge on any atom is -0.340 e. The van der Waals surface area contributed by atoms with E-state index in [0.29, 0.717) is 18.8 Å². The van der Waals surface area contributed by atoms with E-state index in [9.17, 15) is 4.79 Å². The second-order valence-corrected chi connectivity index (χ2v) is 7.68. The van der Waals surface area contributed by atoms with Crippen molar-refractivity contribution < 1.29 is 4.79 Å². The minimum absolute atomic E-state index is 0.0515. The number of hydrogen-bond donors (Lipinski definition) is 1. The Morgan fingerprint density at radius 1 is 0.969 bits per heavy atom. The zero-order valence-electron chi connectivity index (χ0n) is 17.4. The van der Waals surface area contributed by atoms with E-state index in [1.807, 2.05) is 65.6 Å². The third kappa shape index (κ3) is 4.32. The molecule has 1 aliphatic heterocycles. The molecule has 5 rings (SSSR count). The van der Waals surface area contributed by atoms with Crippen LogP contribution in [0.5, 0.6) is 0 Å². The molecule has 7 heteroatoms. The SMILES string of the molecule is O=C(c1ccccn1)N1CC[C@H](c2nc(Nc3ccccc3)cc(-c3cccnc3)n2)C1. The van der Waals surface area contributed by atoms with Crippen LogP contribution in [0.25, 0.3) is 11.3 Å². The largest absolute Gasteiger partial charge is 0.340 e. The number of rotatable bonds is 5. The van der Waals surface area contributed by atoms with Gasteiger partial charge in [0, 0.05) is 54.9 Å². The topological polar surface area (TPSA) is 83.9 Å². The molecule has 1 aliphatic rings. The summed E-state index contributed by atoms with van der Waals surface area (Å²) in [5.74, 6) is 1.44. The molecule has 158 valence electrons. The van der Waals surface area contributed by atoms with Crippen LogP contribution < -0.4 is 5.32 Å². The molecule has 0 saturated carbocycles. The first-order valence-corrected chi connectivity index (χ1v) is 10.6. The highest BCUT2D eigenvalue weighted by atomic mass is 16.2. The van der Waals surface area contributed by atoms with Gasteiger partial charge in [-0.3, -0.25) is 14.8 Å². The van der Waals surface area contributed by atoms with Gasteiger partial charge < -0.3 is 10.2 Å². The molecule has 0 aliphatic carbocycles. The molecule has 1 amide bonds. The molecule has 0 radical (unpaired) electrons. The Bertz CT molecular complexity index is 1200. The average Bonchev–Trinajstić information content (AvgIpc) is 3.36. The van der Waals surface area contributed by atoms with E-state index in [4.69, 9.17) is 9.97 Å². The second-order valence-electron chi connectivity index (χ2n) is 7.68. The van der Waals surface area contributed by atoms with E-state index >= 15 is 0 Å². The van der Waals surface area contributed by atoms with Gasteiger partial charge in [-0.05, 0) is 42.8 Å². The van der Waals surface area contributed by atoms with Crippen LogP contribution in [0.3, 0.4) is 0 Å². The molecule has 32 heavy (non-hydrogen) atoms. The van der Waals surface area contributed by atoms with Crippen LogP contribution in [0.4, 0.5) is 11.5 Å². The molecule has 1 atom stereocenters. The molecule has 1 aromatic carbocycles. The molecule has 7 nitrogen and oxygen atoms in total. The fourth-order valence-corrected chi connectivity index (χ4v) is 3.85. The fraction of sp³-hybridized carbons (Fsp3) is 0.160. The van der Waals surface area contributed by atoms with Crippen LogP contribution in [-0.4, -0.2) is 43.8 Å². The molecule has 3 aromatic heterocycles. The van der Waals surface area contributed by atoms with Crippen LogP contribution in [-0.2, 0) is 0 Å². The van der Waals surface area contributed by atoms with Crippen LogP contribution in [0.15, 0.2) is 85.3 Å². The third-order valence-corrected chi connectivity index (χ3v) is 5.47. The number of benzene rings is 1. The van der Waals surface area contributed by atoms with E-state index in [-0.39, 0.29) is 11.8 Å². The molecular weight excluding hydrogens is 400 g/mol. The lowest BCUT2D eigenvalue weighted by molar-refractivity contribution is 0.0785. The molecule has 0 spiro atoms. The normalized spacial score (nSPS) is 15.5. The Morgan fingerprint density at radius 2 is 1.84 bits per heavy atom. The van der Waals surface area contributed by atoms with Crippen molar-refractivity contribution in [3.63, 3.8) is 0 Å². The summed E-state index contributed by atoms with van der Waals surface area (Å²) in [4.78, 5) is 32.7. The summed E-state index contributed by atoms with van der Waals surface area (Å²) >= 11 is 0. The zero-order valence-corrected chi connectivity index (χ0v) is 17.4. The first-order valence-electron chi connectivity index (χ1n) is 10.6. The summed E-state index contributed by atoms with van der Waals surface area (Å²) in [6.45, 7) is 1.22. The Labute approximate surface area is 186 Å². The monoisotopic (exact) mass is 422 g/mol. The highest BCUT2D eigenvalue weighted by molar-refractivity contribution is 5.92. The van der Waals surface area contributed by atoms with Gasteiger partial charge in [0.25, 0.3) is 5.91 Å². The number of carbonyl (C=O) groups is 1. The summed E-state index contributed by atoms with van der Waals surface area (Å²) in [5.41, 5.74) is 3.14. The van der Waals surface area contributed by atoms with Gasteiger partial charge in [-0.15, -0.1) is 0 Å². The molecule has 4 heterocycles. The molecule has 0 bridgehead atoms. The molecule has 0 unspecified atom stereocenters. The van der Waals surface area contributed by atoms with E-state index in [1.165, 1.54) is 0 Å². The number of aromatic nitrogens is 4. The highest BCUT2D eigenvalue weighted by Gasteiger charge is 2.30. The van der Waals surface area contributed by atoms with Gasteiger partial charge in [0.05, 0.1) is 5.69 Å². The van der Waals surface area contributed by atoms with Crippen molar-refractivity contribution in [1.82, 2.24) is 24.8 Å². The van der Waals surface area contributed by atoms with Gasteiger partial charge in [-0.2, -0.15) is 0 Å². The number of pyridine rings is 2. The summed E-state index contributed by atoms with van der Waals surface area (Å²) in [6.07, 6.45) is 5.99. The van der Waals surface area contributed by atoms with Crippen molar-refractivity contribution in [2.45, 2.75) is 12.3 Å². The minimum atomic E-state index is -0.0563. The molecule has 4 aromatic rings. The lowest BCUT2D eigenvalue weighted by Crippen LogP contribution is -2.29. The summed E-state index contributed by atoms with van der Waals surface area (Å²) in [7, 11) is 0. The van der Waals surface area contributed by atoms with Crippen molar-refractivity contribution >= 4 is 17.4 Å². The number of likely N-dealkylation sites (tertiary alicyclic amines) is 1. The quantitative estimate of drug-likeness (QED) is 0.516. The number of amides is 1. The number of hydrogen-bond acceptors (Lipinski definition) is 6. The van der Waals surface area contributed by atoms with E-state index in [1.54, 1.807) is 24.7 Å². The lowest BCUT2D eigenvalue weighted by Gasteiger charge is -2.16. The Hall–Kier alpha value is -4.13. The van der Waals surface area contributed by atoms with Gasteiger partial charge in [-0.25, -0.2) is 9.97 Å². The number of anilines is 2.